The molecule has 0 spiro atoms. The highest BCUT2D eigenvalue weighted by molar-refractivity contribution is 5.98. The van der Waals surface area contributed by atoms with Gasteiger partial charge in [-0.2, -0.15) is 0 Å². The Morgan fingerprint density at radius 2 is 2.25 bits per heavy atom. The molecule has 1 aromatic rings. The van der Waals surface area contributed by atoms with Crippen molar-refractivity contribution in [1.29, 1.82) is 0 Å². The van der Waals surface area contributed by atoms with Gasteiger partial charge in [0.15, 0.2) is 5.78 Å². The lowest BCUT2D eigenvalue weighted by molar-refractivity contribution is -0.116. The summed E-state index contributed by atoms with van der Waals surface area (Å²) in [5.41, 5.74) is 0.564. The zero-order chi connectivity index (χ0) is 11.5. The summed E-state index contributed by atoms with van der Waals surface area (Å²) in [6.45, 7) is 0.755. The van der Waals surface area contributed by atoms with Crippen molar-refractivity contribution in [3.63, 3.8) is 0 Å². The molecule has 84 valence electrons. The van der Waals surface area contributed by atoms with E-state index < -0.39 is 0 Å². The number of benzene rings is 1. The highest BCUT2D eigenvalue weighted by Crippen LogP contribution is 2.16. The molecule has 0 radical (unpaired) electrons. The van der Waals surface area contributed by atoms with E-state index in [4.69, 9.17) is 4.74 Å². The van der Waals surface area contributed by atoms with E-state index in [0.29, 0.717) is 24.3 Å². The van der Waals surface area contributed by atoms with Crippen LogP contribution in [0.3, 0.4) is 0 Å². The third-order valence-corrected chi connectivity index (χ3v) is 2.63. The van der Waals surface area contributed by atoms with Gasteiger partial charge in [0, 0.05) is 18.5 Å². The third kappa shape index (κ3) is 2.05. The molecule has 1 aliphatic rings. The zero-order valence-electron chi connectivity index (χ0n) is 9.10. The number of hydrogen-bond acceptors (Lipinski definition) is 3. The number of Topliss-reactive ketones (excluding diaryl/α,β-unsaturated/α-hetero) is 1. The second kappa shape index (κ2) is 4.35. The normalized spacial score (nSPS) is 15.3. The van der Waals surface area contributed by atoms with Crippen molar-refractivity contribution < 1.29 is 14.3 Å². The van der Waals surface area contributed by atoms with E-state index >= 15 is 0 Å². The van der Waals surface area contributed by atoms with Gasteiger partial charge in [-0.25, -0.2) is 0 Å². The SMILES string of the molecule is COc1cccc(C(=O)N2CCC(=O)C2)c1. The molecule has 0 aliphatic carbocycles. The highest BCUT2D eigenvalue weighted by Gasteiger charge is 2.24. The van der Waals surface area contributed by atoms with Gasteiger partial charge in [-0.15, -0.1) is 0 Å². The summed E-state index contributed by atoms with van der Waals surface area (Å²) in [5, 5.41) is 0. The molecular weight excluding hydrogens is 206 g/mol. The Balaban J connectivity index is 2.17. The summed E-state index contributed by atoms with van der Waals surface area (Å²) in [7, 11) is 1.56. The molecule has 1 amide bonds. The molecule has 1 aliphatic heterocycles. The van der Waals surface area contributed by atoms with Crippen LogP contribution >= 0.6 is 0 Å². The van der Waals surface area contributed by atoms with Crippen LogP contribution in [0.1, 0.15) is 16.8 Å². The van der Waals surface area contributed by atoms with Crippen LogP contribution in [0.25, 0.3) is 0 Å². The molecule has 4 nitrogen and oxygen atoms in total. The van der Waals surface area contributed by atoms with Crippen molar-refractivity contribution in [2.24, 2.45) is 0 Å². The van der Waals surface area contributed by atoms with Gasteiger partial charge in [-0.3, -0.25) is 9.59 Å². The van der Waals surface area contributed by atoms with Crippen LogP contribution in [0.5, 0.6) is 5.75 Å². The minimum Gasteiger partial charge on any atom is -0.497 e. The number of amides is 1. The summed E-state index contributed by atoms with van der Waals surface area (Å²) in [6.07, 6.45) is 0.468. The lowest BCUT2D eigenvalue weighted by Crippen LogP contribution is -2.28. The Labute approximate surface area is 93.8 Å². The Kier molecular flexibility index (Phi) is 2.90. The van der Waals surface area contributed by atoms with E-state index in [-0.39, 0.29) is 18.2 Å². The summed E-state index contributed by atoms with van der Waals surface area (Å²) < 4.78 is 5.05. The molecule has 1 saturated heterocycles. The number of ketones is 1. The van der Waals surface area contributed by atoms with Crippen LogP contribution < -0.4 is 4.74 Å². The Morgan fingerprint density at radius 1 is 1.44 bits per heavy atom. The fraction of sp³-hybridized carbons (Fsp3) is 0.333. The minimum absolute atomic E-state index is 0.107. The van der Waals surface area contributed by atoms with Gasteiger partial charge in [0.2, 0.25) is 0 Å². The van der Waals surface area contributed by atoms with Crippen molar-refractivity contribution >= 4 is 11.7 Å². The van der Waals surface area contributed by atoms with Gasteiger partial charge < -0.3 is 9.64 Å². The standard InChI is InChI=1S/C12H13NO3/c1-16-11-4-2-3-9(7-11)12(15)13-6-5-10(14)8-13/h2-4,7H,5-6,8H2,1H3. The molecule has 4 heteroatoms. The van der Waals surface area contributed by atoms with E-state index in [1.165, 1.54) is 0 Å². The molecular formula is C12H13NO3. The van der Waals surface area contributed by atoms with Gasteiger partial charge in [-0.1, -0.05) is 6.07 Å². The predicted molar refractivity (Wildman–Crippen MR) is 58.5 cm³/mol. The number of rotatable bonds is 2. The van der Waals surface area contributed by atoms with Crippen molar-refractivity contribution in [3.8, 4) is 5.75 Å². The summed E-state index contributed by atoms with van der Waals surface area (Å²) in [4.78, 5) is 24.6. The molecule has 0 aromatic heterocycles. The smallest absolute Gasteiger partial charge is 0.254 e. The molecule has 16 heavy (non-hydrogen) atoms. The number of carbonyl (C=O) groups is 2. The van der Waals surface area contributed by atoms with E-state index in [2.05, 4.69) is 0 Å². The van der Waals surface area contributed by atoms with E-state index in [1.54, 1.807) is 36.3 Å². The lowest BCUT2D eigenvalue weighted by Gasteiger charge is -2.14. The van der Waals surface area contributed by atoms with Crippen LogP contribution in [-0.4, -0.2) is 36.8 Å². The molecule has 0 saturated carbocycles. The third-order valence-electron chi connectivity index (χ3n) is 2.63. The van der Waals surface area contributed by atoms with Crippen LogP contribution in [0, 0.1) is 0 Å². The maximum Gasteiger partial charge on any atom is 0.254 e. The number of ether oxygens (including phenoxy) is 1. The monoisotopic (exact) mass is 219 g/mol. The predicted octanol–water partition coefficient (Wildman–Crippen LogP) is 1.11. The molecule has 1 fully saturated rings. The largest absolute Gasteiger partial charge is 0.497 e. The van der Waals surface area contributed by atoms with Crippen molar-refractivity contribution in [3.05, 3.63) is 29.8 Å². The first-order chi connectivity index (χ1) is 7.70. The minimum atomic E-state index is -0.107. The van der Waals surface area contributed by atoms with Crippen LogP contribution in [0.15, 0.2) is 24.3 Å². The molecule has 0 atom stereocenters. The Morgan fingerprint density at radius 3 is 2.88 bits per heavy atom. The number of hydrogen-bond donors (Lipinski definition) is 0. The fourth-order valence-electron chi connectivity index (χ4n) is 1.74. The van der Waals surface area contributed by atoms with Gasteiger partial charge in [0.1, 0.15) is 5.75 Å². The average molecular weight is 219 g/mol. The topological polar surface area (TPSA) is 46.6 Å². The maximum atomic E-state index is 12.0. The molecule has 0 bridgehead atoms. The van der Waals surface area contributed by atoms with Crippen LogP contribution in [0.2, 0.25) is 0 Å². The number of likely N-dealkylation sites (tertiary alicyclic amines) is 1. The fourth-order valence-corrected chi connectivity index (χ4v) is 1.74. The van der Waals surface area contributed by atoms with Gasteiger partial charge in [0.25, 0.3) is 5.91 Å². The molecule has 1 heterocycles. The van der Waals surface area contributed by atoms with E-state index in [0.717, 1.165) is 0 Å². The number of carbonyl (C=O) groups excluding carboxylic acids is 2. The van der Waals surface area contributed by atoms with Crippen LogP contribution in [-0.2, 0) is 4.79 Å². The molecule has 1 aromatic carbocycles. The maximum absolute atomic E-state index is 12.0. The molecule has 0 N–H and O–H groups in total. The van der Waals surface area contributed by atoms with Crippen LogP contribution in [0.4, 0.5) is 0 Å². The van der Waals surface area contributed by atoms with Crippen molar-refractivity contribution in [1.82, 2.24) is 4.90 Å². The Bertz CT molecular complexity index is 428. The quantitative estimate of drug-likeness (QED) is 0.748. The average Bonchev–Trinajstić information content (AvgIpc) is 2.75. The highest BCUT2D eigenvalue weighted by atomic mass is 16.5. The second-order valence-electron chi connectivity index (χ2n) is 3.75. The summed E-state index contributed by atoms with van der Waals surface area (Å²) >= 11 is 0. The first-order valence-electron chi connectivity index (χ1n) is 5.16. The van der Waals surface area contributed by atoms with Crippen molar-refractivity contribution in [2.75, 3.05) is 20.2 Å². The first-order valence-corrected chi connectivity index (χ1v) is 5.16. The summed E-state index contributed by atoms with van der Waals surface area (Å²) in [5.74, 6) is 0.664. The molecule has 2 rings (SSSR count). The first kappa shape index (κ1) is 10.7. The lowest BCUT2D eigenvalue weighted by atomic mass is 10.2. The summed E-state index contributed by atoms with van der Waals surface area (Å²) in [6, 6.07) is 6.97. The number of nitrogens with zero attached hydrogens (tertiary/aromatic N) is 1. The van der Waals surface area contributed by atoms with Gasteiger partial charge in [0.05, 0.1) is 13.7 Å². The van der Waals surface area contributed by atoms with Gasteiger partial charge in [-0.05, 0) is 18.2 Å². The van der Waals surface area contributed by atoms with E-state index in [9.17, 15) is 9.59 Å². The molecule has 0 unspecified atom stereocenters. The number of methoxy groups -OCH3 is 1. The van der Waals surface area contributed by atoms with Crippen molar-refractivity contribution in [2.45, 2.75) is 6.42 Å². The Hall–Kier alpha value is -1.84. The zero-order valence-corrected chi connectivity index (χ0v) is 9.10. The second-order valence-corrected chi connectivity index (χ2v) is 3.75. The van der Waals surface area contributed by atoms with Gasteiger partial charge >= 0.3 is 0 Å². The van der Waals surface area contributed by atoms with E-state index in [1.807, 2.05) is 0 Å².